The van der Waals surface area contributed by atoms with Gasteiger partial charge in [-0.2, -0.15) is 5.01 Å². The van der Waals surface area contributed by atoms with Gasteiger partial charge < -0.3 is 10.2 Å². The lowest BCUT2D eigenvalue weighted by Gasteiger charge is -2.28. The number of rotatable bonds is 5. The first-order valence-corrected chi connectivity index (χ1v) is 8.64. The van der Waals surface area contributed by atoms with Crippen molar-refractivity contribution in [2.75, 3.05) is 27.2 Å². The molecule has 3 rings (SSSR count). The zero-order valence-corrected chi connectivity index (χ0v) is 15.1. The standard InChI is InChI=1S/C18H20N4O2S/c1-21(2)11-5-10-19-18(25)20-22-16(23)13-8-3-6-12-7-4-9-14(15(12)13)17(22)24/h3-4,6-9H,5,10-11H2,1-2H3,(H2,19,20,25)/p+1. The smallest absolute Gasteiger partial charge is 0.280 e. The van der Waals surface area contributed by atoms with Crippen LogP contribution in [-0.4, -0.2) is 49.1 Å². The van der Waals surface area contributed by atoms with Crippen molar-refractivity contribution in [3.8, 4) is 0 Å². The minimum Gasteiger partial charge on any atom is -0.361 e. The molecule has 130 valence electrons. The second-order valence-electron chi connectivity index (χ2n) is 6.33. The molecule has 0 bridgehead atoms. The van der Waals surface area contributed by atoms with Gasteiger partial charge in [-0.05, 0) is 29.7 Å². The second-order valence-corrected chi connectivity index (χ2v) is 6.74. The maximum Gasteiger partial charge on any atom is 0.280 e. The summed E-state index contributed by atoms with van der Waals surface area (Å²) in [5.74, 6) is -0.785. The van der Waals surface area contributed by atoms with Gasteiger partial charge in [-0.3, -0.25) is 15.0 Å². The second kappa shape index (κ2) is 7.16. The molecule has 0 unspecified atom stereocenters. The molecule has 3 N–H and O–H groups in total. The molecular formula is C18H21N4O2S+. The molecule has 0 radical (unpaired) electrons. The zero-order chi connectivity index (χ0) is 18.0. The predicted molar refractivity (Wildman–Crippen MR) is 100 cm³/mol. The maximum atomic E-state index is 12.7. The number of carbonyl (C=O) groups excluding carboxylic acids is 2. The van der Waals surface area contributed by atoms with Crippen LogP contribution in [0.15, 0.2) is 36.4 Å². The van der Waals surface area contributed by atoms with Gasteiger partial charge in [-0.1, -0.05) is 24.3 Å². The molecular weight excluding hydrogens is 336 g/mol. The van der Waals surface area contributed by atoms with Crippen molar-refractivity contribution >= 4 is 39.9 Å². The Morgan fingerprint density at radius 3 is 2.24 bits per heavy atom. The van der Waals surface area contributed by atoms with Crippen molar-refractivity contribution in [3.05, 3.63) is 47.5 Å². The van der Waals surface area contributed by atoms with Crippen LogP contribution < -0.4 is 15.6 Å². The van der Waals surface area contributed by atoms with Crippen molar-refractivity contribution in [2.24, 2.45) is 0 Å². The van der Waals surface area contributed by atoms with Crippen LogP contribution in [0.2, 0.25) is 0 Å². The van der Waals surface area contributed by atoms with Crippen LogP contribution in [0.25, 0.3) is 10.8 Å². The van der Waals surface area contributed by atoms with E-state index >= 15 is 0 Å². The Bertz CT molecular complexity index is 799. The Morgan fingerprint density at radius 2 is 1.68 bits per heavy atom. The third-order valence-corrected chi connectivity index (χ3v) is 4.36. The van der Waals surface area contributed by atoms with Gasteiger partial charge in [0.25, 0.3) is 11.8 Å². The van der Waals surface area contributed by atoms with Gasteiger partial charge in [0.15, 0.2) is 5.11 Å². The lowest BCUT2D eigenvalue weighted by atomic mass is 9.95. The Labute approximate surface area is 151 Å². The largest absolute Gasteiger partial charge is 0.361 e. The Hall–Kier alpha value is -2.51. The average molecular weight is 357 g/mol. The summed E-state index contributed by atoms with van der Waals surface area (Å²) in [5, 5.41) is 5.87. The van der Waals surface area contributed by atoms with E-state index in [-0.39, 0.29) is 5.11 Å². The van der Waals surface area contributed by atoms with Crippen LogP contribution in [0.4, 0.5) is 0 Å². The number of hydrogen-bond acceptors (Lipinski definition) is 3. The van der Waals surface area contributed by atoms with E-state index in [1.807, 2.05) is 24.3 Å². The lowest BCUT2D eigenvalue weighted by Crippen LogP contribution is -3.05. The Balaban J connectivity index is 1.75. The normalized spacial score (nSPS) is 13.5. The quantitative estimate of drug-likeness (QED) is 0.409. The van der Waals surface area contributed by atoms with E-state index in [0.717, 1.165) is 23.4 Å². The van der Waals surface area contributed by atoms with Crippen LogP contribution in [0.3, 0.4) is 0 Å². The van der Waals surface area contributed by atoms with Crippen molar-refractivity contribution < 1.29 is 14.5 Å². The first-order chi connectivity index (χ1) is 12.0. The van der Waals surface area contributed by atoms with Crippen LogP contribution in [0, 0.1) is 0 Å². The third-order valence-electron chi connectivity index (χ3n) is 4.12. The first kappa shape index (κ1) is 17.3. The molecule has 2 aromatic rings. The van der Waals surface area contributed by atoms with E-state index in [1.54, 1.807) is 12.1 Å². The molecule has 1 aliphatic heterocycles. The van der Waals surface area contributed by atoms with E-state index in [9.17, 15) is 9.59 Å². The minimum atomic E-state index is -0.392. The summed E-state index contributed by atoms with van der Waals surface area (Å²) in [6.07, 6.45) is 0.939. The predicted octanol–water partition coefficient (Wildman–Crippen LogP) is 0.350. The van der Waals surface area contributed by atoms with Gasteiger partial charge in [0, 0.05) is 18.4 Å². The molecule has 0 saturated carbocycles. The van der Waals surface area contributed by atoms with E-state index in [2.05, 4.69) is 24.8 Å². The summed E-state index contributed by atoms with van der Waals surface area (Å²) in [4.78, 5) is 26.8. The zero-order valence-electron chi connectivity index (χ0n) is 14.3. The number of imide groups is 1. The molecule has 2 aromatic carbocycles. The van der Waals surface area contributed by atoms with Crippen molar-refractivity contribution in [3.63, 3.8) is 0 Å². The van der Waals surface area contributed by atoms with Gasteiger partial charge in [0.05, 0.1) is 31.8 Å². The fourth-order valence-corrected chi connectivity index (χ4v) is 3.11. The van der Waals surface area contributed by atoms with E-state index in [4.69, 9.17) is 12.2 Å². The van der Waals surface area contributed by atoms with Gasteiger partial charge in [0.2, 0.25) is 0 Å². The van der Waals surface area contributed by atoms with Gasteiger partial charge in [-0.15, -0.1) is 0 Å². The maximum absolute atomic E-state index is 12.7. The van der Waals surface area contributed by atoms with Crippen molar-refractivity contribution in [1.29, 1.82) is 0 Å². The Kier molecular flexibility index (Phi) is 4.96. The number of hydrogen-bond donors (Lipinski definition) is 3. The molecule has 2 amide bonds. The van der Waals surface area contributed by atoms with Crippen LogP contribution in [0.1, 0.15) is 27.1 Å². The number of quaternary nitrogens is 1. The molecule has 25 heavy (non-hydrogen) atoms. The van der Waals surface area contributed by atoms with Crippen molar-refractivity contribution in [1.82, 2.24) is 15.8 Å². The Morgan fingerprint density at radius 1 is 1.08 bits per heavy atom. The monoisotopic (exact) mass is 357 g/mol. The van der Waals surface area contributed by atoms with E-state index < -0.39 is 11.8 Å². The molecule has 1 heterocycles. The molecule has 6 nitrogen and oxygen atoms in total. The fourth-order valence-electron chi connectivity index (χ4n) is 2.92. The summed E-state index contributed by atoms with van der Waals surface area (Å²) >= 11 is 5.22. The average Bonchev–Trinajstić information content (AvgIpc) is 2.60. The molecule has 0 aromatic heterocycles. The number of amides is 2. The minimum absolute atomic E-state index is 0.266. The molecule has 0 atom stereocenters. The van der Waals surface area contributed by atoms with Gasteiger partial charge >= 0.3 is 0 Å². The fraction of sp³-hybridized carbons (Fsp3) is 0.278. The summed E-state index contributed by atoms with van der Waals surface area (Å²) in [7, 11) is 4.17. The number of benzene rings is 2. The number of nitrogens with one attached hydrogen (secondary N) is 3. The highest BCUT2D eigenvalue weighted by Gasteiger charge is 2.33. The van der Waals surface area contributed by atoms with Gasteiger partial charge in [-0.25, -0.2) is 0 Å². The summed E-state index contributed by atoms with van der Waals surface area (Å²) in [6, 6.07) is 10.9. The number of carbonyl (C=O) groups is 2. The van der Waals surface area contributed by atoms with E-state index in [0.29, 0.717) is 23.1 Å². The number of hydrazine groups is 1. The molecule has 1 aliphatic rings. The first-order valence-electron chi connectivity index (χ1n) is 8.23. The highest BCUT2D eigenvalue weighted by Crippen LogP contribution is 2.29. The van der Waals surface area contributed by atoms with Crippen LogP contribution in [-0.2, 0) is 0 Å². The SMILES string of the molecule is C[NH+](C)CCCNC(=S)NN1C(=O)c2cccc3cccc(c23)C1=O. The van der Waals surface area contributed by atoms with Crippen molar-refractivity contribution in [2.45, 2.75) is 6.42 Å². The highest BCUT2D eigenvalue weighted by atomic mass is 32.1. The lowest BCUT2D eigenvalue weighted by molar-refractivity contribution is -0.858. The molecule has 0 saturated heterocycles. The summed E-state index contributed by atoms with van der Waals surface area (Å²) in [5.41, 5.74) is 3.74. The molecule has 7 heteroatoms. The van der Waals surface area contributed by atoms with Crippen LogP contribution >= 0.6 is 12.2 Å². The molecule has 0 aliphatic carbocycles. The van der Waals surface area contributed by atoms with Gasteiger partial charge in [0.1, 0.15) is 0 Å². The summed E-state index contributed by atoms with van der Waals surface area (Å²) < 4.78 is 0. The summed E-state index contributed by atoms with van der Waals surface area (Å²) in [6.45, 7) is 1.69. The molecule has 0 fully saturated rings. The number of thiocarbonyl (C=S) groups is 1. The third kappa shape index (κ3) is 3.47. The van der Waals surface area contributed by atoms with E-state index in [1.165, 1.54) is 4.90 Å². The topological polar surface area (TPSA) is 65.9 Å². The highest BCUT2D eigenvalue weighted by molar-refractivity contribution is 7.80. The molecule has 0 spiro atoms. The van der Waals surface area contributed by atoms with Crippen LogP contribution in [0.5, 0.6) is 0 Å². The number of nitrogens with zero attached hydrogens (tertiary/aromatic N) is 1.